The number of alkyl halides is 3. The molecule has 0 bridgehead atoms. The number of aromatic nitrogens is 3. The van der Waals surface area contributed by atoms with Crippen molar-refractivity contribution < 1.29 is 31.2 Å². The minimum Gasteiger partial charge on any atom is -0.367 e. The fourth-order valence-corrected chi connectivity index (χ4v) is 7.74. The Bertz CT molecular complexity index is 1870. The minimum absolute atomic E-state index is 0.0471. The van der Waals surface area contributed by atoms with E-state index in [9.17, 15) is 31.2 Å². The number of halogens is 3. The number of pyridine rings is 2. The smallest absolute Gasteiger partial charge is 0.316 e. The van der Waals surface area contributed by atoms with Crippen molar-refractivity contribution in [3.05, 3.63) is 71.3 Å². The van der Waals surface area contributed by atoms with Gasteiger partial charge in [0.2, 0.25) is 10.0 Å². The summed E-state index contributed by atoms with van der Waals surface area (Å²) >= 11 is 0.954. The van der Waals surface area contributed by atoms with Gasteiger partial charge >= 0.3 is 6.03 Å². The molecule has 1 aromatic carbocycles. The highest BCUT2D eigenvalue weighted by Crippen LogP contribution is 2.44. The highest BCUT2D eigenvalue weighted by atomic mass is 32.2. The Morgan fingerprint density at radius 2 is 1.93 bits per heavy atom. The molecule has 3 unspecified atom stereocenters. The van der Waals surface area contributed by atoms with E-state index in [1.54, 1.807) is 31.2 Å². The van der Waals surface area contributed by atoms with Crippen molar-refractivity contribution >= 4 is 44.2 Å². The van der Waals surface area contributed by atoms with Crippen molar-refractivity contribution in [2.75, 3.05) is 13.2 Å². The lowest BCUT2D eigenvalue weighted by atomic mass is 9.87. The van der Waals surface area contributed by atoms with Crippen molar-refractivity contribution in [2.45, 2.75) is 48.6 Å². The maximum Gasteiger partial charge on any atom is 0.316 e. The molecule has 1 aliphatic heterocycles. The van der Waals surface area contributed by atoms with E-state index in [2.05, 4.69) is 19.7 Å². The lowest BCUT2D eigenvalue weighted by Crippen LogP contribution is -2.55. The number of nitrogens with zero attached hydrogens (tertiary/aromatic N) is 4. The molecule has 16 heteroatoms. The third-order valence-electron chi connectivity index (χ3n) is 7.79. The average Bonchev–Trinajstić information content (AvgIpc) is 3.57. The summed E-state index contributed by atoms with van der Waals surface area (Å²) < 4.78 is 70.4. The number of hydrogen-bond acceptors (Lipinski definition) is 8. The van der Waals surface area contributed by atoms with E-state index in [1.807, 2.05) is 0 Å². The molecule has 232 valence electrons. The number of carbonyl (C=O) groups excluding carboxylic acids is 2. The summed E-state index contributed by atoms with van der Waals surface area (Å²) in [5.74, 6) is -0.996. The molecule has 5 N–H and O–H groups in total. The third kappa shape index (κ3) is 5.26. The van der Waals surface area contributed by atoms with Gasteiger partial charge in [-0.3, -0.25) is 14.8 Å². The van der Waals surface area contributed by atoms with Gasteiger partial charge in [0.25, 0.3) is 12.3 Å². The van der Waals surface area contributed by atoms with E-state index in [0.29, 0.717) is 27.0 Å². The van der Waals surface area contributed by atoms with Crippen molar-refractivity contribution in [1.82, 2.24) is 24.6 Å². The lowest BCUT2D eigenvalue weighted by molar-refractivity contribution is -0.127. The molecule has 44 heavy (non-hydrogen) atoms. The number of urea groups is 1. The van der Waals surface area contributed by atoms with Crippen LogP contribution in [0.1, 0.15) is 29.7 Å². The number of rotatable bonds is 9. The summed E-state index contributed by atoms with van der Waals surface area (Å²) in [4.78, 5) is 39.7. The van der Waals surface area contributed by atoms with Gasteiger partial charge in [0.15, 0.2) is 5.54 Å². The van der Waals surface area contributed by atoms with Crippen LogP contribution in [0.2, 0.25) is 0 Å². The fourth-order valence-electron chi connectivity index (χ4n) is 5.26. The maximum absolute atomic E-state index is 13.7. The number of sulfonamides is 1. The zero-order chi connectivity index (χ0) is 32.0. The van der Waals surface area contributed by atoms with Gasteiger partial charge in [0.05, 0.1) is 27.2 Å². The van der Waals surface area contributed by atoms with E-state index >= 15 is 0 Å². The quantitative estimate of drug-likeness (QED) is 0.250. The van der Waals surface area contributed by atoms with Crippen LogP contribution >= 0.6 is 11.3 Å². The Hall–Kier alpha value is -4.15. The second kappa shape index (κ2) is 11.4. The van der Waals surface area contributed by atoms with Crippen LogP contribution in [0.15, 0.2) is 59.8 Å². The van der Waals surface area contributed by atoms with Crippen LogP contribution in [0, 0.1) is 6.92 Å². The molecule has 4 aromatic rings. The topological polar surface area (TPSA) is 174 Å². The standard InChI is InChI=1S/C28H28F3N7O4S2/c1-15-22(17-7-8-34-21(10-17)27(2,14-29)23(30)31)43-25(36-15)28(24(32)39)11-18(13-38(28)26(33)40)37-44(41,42)19-9-16-5-3-4-6-20(16)35-12-19/h3-10,12,18,23,37H,11,13-14H2,1-2H3,(H2,32,39)(H2,33,40). The van der Waals surface area contributed by atoms with E-state index < -0.39 is 52.1 Å². The molecule has 0 aliphatic carbocycles. The first-order chi connectivity index (χ1) is 20.7. The van der Waals surface area contributed by atoms with E-state index in [1.165, 1.54) is 30.6 Å². The first-order valence-electron chi connectivity index (χ1n) is 13.3. The van der Waals surface area contributed by atoms with Crippen LogP contribution in [0.4, 0.5) is 18.0 Å². The van der Waals surface area contributed by atoms with E-state index in [0.717, 1.165) is 23.2 Å². The number of carbonyl (C=O) groups is 2. The SMILES string of the molecule is Cc1nc(C2(C(N)=O)CC(NS(=O)(=O)c3cnc4ccccc4c3)CN2C(N)=O)sc1-c1ccnc(C(C)(CF)C(F)F)c1. The van der Waals surface area contributed by atoms with Crippen LogP contribution in [0.25, 0.3) is 21.3 Å². The molecule has 0 spiro atoms. The summed E-state index contributed by atoms with van der Waals surface area (Å²) in [5.41, 5.74) is 8.62. The highest BCUT2D eigenvalue weighted by Gasteiger charge is 2.56. The van der Waals surface area contributed by atoms with Gasteiger partial charge in [-0.2, -0.15) is 0 Å². The number of thiazole rings is 1. The zero-order valence-corrected chi connectivity index (χ0v) is 25.1. The van der Waals surface area contributed by atoms with Crippen molar-refractivity contribution in [2.24, 2.45) is 11.5 Å². The number of nitrogens with one attached hydrogen (secondary N) is 1. The van der Waals surface area contributed by atoms with Crippen molar-refractivity contribution in [3.63, 3.8) is 0 Å². The number of nitrogens with two attached hydrogens (primary N) is 2. The average molecular weight is 648 g/mol. The molecule has 0 radical (unpaired) electrons. The minimum atomic E-state index is -4.18. The highest BCUT2D eigenvalue weighted by molar-refractivity contribution is 7.89. The molecule has 0 saturated carbocycles. The normalized spacial score (nSPS) is 20.2. The van der Waals surface area contributed by atoms with Gasteiger partial charge in [-0.25, -0.2) is 36.1 Å². The van der Waals surface area contributed by atoms with E-state index in [-0.39, 0.29) is 28.6 Å². The molecule has 4 heterocycles. The predicted molar refractivity (Wildman–Crippen MR) is 157 cm³/mol. The second-order valence-electron chi connectivity index (χ2n) is 10.8. The Morgan fingerprint density at radius 3 is 2.59 bits per heavy atom. The molecule has 1 aliphatic rings. The third-order valence-corrected chi connectivity index (χ3v) is 10.6. The largest absolute Gasteiger partial charge is 0.367 e. The van der Waals surface area contributed by atoms with Crippen LogP contribution in [-0.2, 0) is 25.8 Å². The molecule has 5 rings (SSSR count). The number of fused-ring (bicyclic) bond motifs is 1. The number of hydrogen-bond donors (Lipinski definition) is 3. The molecule has 3 atom stereocenters. The monoisotopic (exact) mass is 647 g/mol. The fraction of sp³-hybridized carbons (Fsp3) is 0.321. The number of para-hydroxylation sites is 1. The van der Waals surface area contributed by atoms with Crippen LogP contribution in [0.3, 0.4) is 0 Å². The lowest BCUT2D eigenvalue weighted by Gasteiger charge is -2.32. The van der Waals surface area contributed by atoms with Crippen LogP contribution in [-0.4, -0.2) is 65.9 Å². The van der Waals surface area contributed by atoms with Gasteiger partial charge < -0.3 is 16.4 Å². The zero-order valence-electron chi connectivity index (χ0n) is 23.5. The summed E-state index contributed by atoms with van der Waals surface area (Å²) in [5, 5.41) is 0.642. The Labute approximate surface area is 254 Å². The molecule has 11 nitrogen and oxygen atoms in total. The number of amides is 3. The molecule has 3 aromatic heterocycles. The summed E-state index contributed by atoms with van der Waals surface area (Å²) in [6, 6.07) is 9.22. The van der Waals surface area contributed by atoms with Gasteiger partial charge in [0, 0.05) is 36.8 Å². The van der Waals surface area contributed by atoms with Crippen molar-refractivity contribution in [3.8, 4) is 10.4 Å². The molecule has 3 amide bonds. The molecule has 1 saturated heterocycles. The van der Waals surface area contributed by atoms with Gasteiger partial charge in [-0.15, -0.1) is 11.3 Å². The second-order valence-corrected chi connectivity index (χ2v) is 13.5. The molecular weight excluding hydrogens is 619 g/mol. The summed E-state index contributed by atoms with van der Waals surface area (Å²) in [7, 11) is -4.18. The van der Waals surface area contributed by atoms with Crippen molar-refractivity contribution in [1.29, 1.82) is 0 Å². The predicted octanol–water partition coefficient (Wildman–Crippen LogP) is 3.37. The molecule has 1 fully saturated rings. The number of primary amides is 2. The summed E-state index contributed by atoms with van der Waals surface area (Å²) in [6.45, 7) is 1.02. The van der Waals surface area contributed by atoms with E-state index in [4.69, 9.17) is 11.5 Å². The van der Waals surface area contributed by atoms with Gasteiger partial charge in [-0.05, 0) is 43.7 Å². The number of likely N-dealkylation sites (tertiary alicyclic amines) is 1. The Kier molecular flexibility index (Phi) is 8.11. The number of aryl methyl sites for hydroxylation is 1. The molecular formula is C28H28F3N7O4S2. The first kappa shape index (κ1) is 31.3. The maximum atomic E-state index is 13.7. The van der Waals surface area contributed by atoms with Gasteiger partial charge in [0.1, 0.15) is 16.6 Å². The van der Waals surface area contributed by atoms with Crippen LogP contribution in [0.5, 0.6) is 0 Å². The van der Waals surface area contributed by atoms with Crippen LogP contribution < -0.4 is 16.2 Å². The Morgan fingerprint density at radius 1 is 1.20 bits per heavy atom. The summed E-state index contributed by atoms with van der Waals surface area (Å²) in [6.07, 6.45) is -0.847. The van der Waals surface area contributed by atoms with Gasteiger partial charge in [-0.1, -0.05) is 18.2 Å². The number of benzene rings is 1. The Balaban J connectivity index is 1.52. The first-order valence-corrected chi connectivity index (χ1v) is 15.6.